The molecule has 0 aliphatic carbocycles. The predicted octanol–water partition coefficient (Wildman–Crippen LogP) is 4.87. The lowest BCUT2D eigenvalue weighted by atomic mass is 9.96. The van der Waals surface area contributed by atoms with E-state index in [1.165, 1.54) is 0 Å². The van der Waals surface area contributed by atoms with Crippen LogP contribution in [0.3, 0.4) is 0 Å². The topological polar surface area (TPSA) is 68.4 Å². The minimum Gasteiger partial charge on any atom is -0.388 e. The molecule has 3 aliphatic heterocycles. The summed E-state index contributed by atoms with van der Waals surface area (Å²) in [7, 11) is 0. The van der Waals surface area contributed by atoms with E-state index >= 15 is 0 Å². The van der Waals surface area contributed by atoms with Crippen LogP contribution >= 0.6 is 15.9 Å². The van der Waals surface area contributed by atoms with Crippen molar-refractivity contribution < 1.29 is 14.6 Å². The predicted molar refractivity (Wildman–Crippen MR) is 126 cm³/mol. The van der Waals surface area contributed by atoms with E-state index in [9.17, 15) is 9.90 Å². The van der Waals surface area contributed by atoms with Gasteiger partial charge in [0.25, 0.3) is 5.91 Å². The minimum absolute atomic E-state index is 0.0284. The maximum Gasteiger partial charge on any atom is 0.252 e. The second-order valence-corrected chi connectivity index (χ2v) is 10.2. The van der Waals surface area contributed by atoms with E-state index in [4.69, 9.17) is 4.74 Å². The van der Waals surface area contributed by atoms with Gasteiger partial charge in [0.1, 0.15) is 12.3 Å². The molecule has 1 fully saturated rings. The summed E-state index contributed by atoms with van der Waals surface area (Å²) in [6.07, 6.45) is -0.488. The van der Waals surface area contributed by atoms with Gasteiger partial charge in [-0.15, -0.1) is 0 Å². The second kappa shape index (κ2) is 5.36. The zero-order valence-corrected chi connectivity index (χ0v) is 18.7. The number of ether oxygens (including phenoxy) is 1. The monoisotopic (exact) mass is 487 g/mol. The molecule has 158 valence electrons. The third kappa shape index (κ3) is 1.74. The van der Waals surface area contributed by atoms with Crippen molar-refractivity contribution in [3.05, 3.63) is 58.1 Å². The van der Waals surface area contributed by atoms with Crippen LogP contribution in [0.1, 0.15) is 35.5 Å². The summed E-state index contributed by atoms with van der Waals surface area (Å²) >= 11 is 3.62. The van der Waals surface area contributed by atoms with Crippen LogP contribution in [0.25, 0.3) is 43.6 Å². The number of nitrogens with one attached hydrogen (secondary N) is 1. The molecule has 5 aromatic rings. The minimum atomic E-state index is -0.899. The van der Waals surface area contributed by atoms with E-state index in [1.807, 2.05) is 25.1 Å². The summed E-state index contributed by atoms with van der Waals surface area (Å²) in [4.78, 5) is 13.2. The molecule has 1 saturated heterocycles. The highest BCUT2D eigenvalue weighted by molar-refractivity contribution is 9.10. The Hall–Kier alpha value is -2.87. The quantitative estimate of drug-likeness (QED) is 0.327. The Morgan fingerprint density at radius 3 is 2.84 bits per heavy atom. The highest BCUT2D eigenvalue weighted by atomic mass is 79.9. The van der Waals surface area contributed by atoms with Crippen LogP contribution in [0, 0.1) is 0 Å². The Kier molecular flexibility index (Phi) is 2.96. The van der Waals surface area contributed by atoms with E-state index in [2.05, 4.69) is 54.6 Å². The molecule has 8 rings (SSSR count). The summed E-state index contributed by atoms with van der Waals surface area (Å²) in [6.45, 7) is 2.48. The van der Waals surface area contributed by atoms with Crippen molar-refractivity contribution in [2.75, 3.05) is 0 Å². The standard InChI is InChI=1S/C25H18BrN3O3/c1-25-17(30)9-18(32-25)28-15-7-6-11(26)8-13(15)20-21-14(10-27-24(21)31)19-12-4-2-3-5-16(12)29(25)23(19)22(20)28/h2-8,17-18,30H,9-10H2,1H3,(H,27,31)/t17-,18?,25-/m0/s1. The zero-order chi connectivity index (χ0) is 21.5. The van der Waals surface area contributed by atoms with Crippen molar-refractivity contribution >= 4 is 65.4 Å². The number of hydrogen-bond acceptors (Lipinski definition) is 3. The molecule has 1 unspecified atom stereocenters. The van der Waals surface area contributed by atoms with Crippen LogP contribution in [0.4, 0.5) is 0 Å². The largest absolute Gasteiger partial charge is 0.388 e. The summed E-state index contributed by atoms with van der Waals surface area (Å²) < 4.78 is 12.0. The fourth-order valence-electron chi connectivity index (χ4n) is 6.43. The molecule has 0 saturated carbocycles. The van der Waals surface area contributed by atoms with Crippen LogP contribution < -0.4 is 5.32 Å². The first kappa shape index (κ1) is 17.7. The molecule has 3 aromatic carbocycles. The average molecular weight is 488 g/mol. The highest BCUT2D eigenvalue weighted by Gasteiger charge is 2.51. The number of aliphatic hydroxyl groups excluding tert-OH is 1. The number of carbonyl (C=O) groups excluding carboxylic acids is 1. The number of aliphatic hydroxyl groups is 1. The Labute approximate surface area is 190 Å². The lowest BCUT2D eigenvalue weighted by molar-refractivity contribution is -0.135. The van der Waals surface area contributed by atoms with Crippen LogP contribution in [-0.2, 0) is 17.0 Å². The molecule has 7 heteroatoms. The highest BCUT2D eigenvalue weighted by Crippen LogP contribution is 2.54. The number of nitrogens with zero attached hydrogens (tertiary/aromatic N) is 2. The molecule has 32 heavy (non-hydrogen) atoms. The van der Waals surface area contributed by atoms with E-state index < -0.39 is 11.8 Å². The van der Waals surface area contributed by atoms with Gasteiger partial charge in [0.05, 0.1) is 27.6 Å². The molecule has 1 amide bonds. The summed E-state index contributed by atoms with van der Waals surface area (Å²) in [5, 5.41) is 18.5. The van der Waals surface area contributed by atoms with Gasteiger partial charge in [0.2, 0.25) is 0 Å². The van der Waals surface area contributed by atoms with Gasteiger partial charge in [-0.2, -0.15) is 0 Å². The first-order chi connectivity index (χ1) is 15.5. The molecule has 2 N–H and O–H groups in total. The smallest absolute Gasteiger partial charge is 0.252 e. The summed E-state index contributed by atoms with van der Waals surface area (Å²) in [5.41, 5.74) is 4.97. The Bertz CT molecular complexity index is 1710. The Morgan fingerprint density at radius 2 is 1.97 bits per heavy atom. The van der Waals surface area contributed by atoms with Gasteiger partial charge in [-0.1, -0.05) is 34.1 Å². The molecule has 2 aromatic heterocycles. The Morgan fingerprint density at radius 1 is 1.12 bits per heavy atom. The van der Waals surface area contributed by atoms with Gasteiger partial charge in [0, 0.05) is 39.0 Å². The molecular formula is C25H18BrN3O3. The number of aromatic nitrogens is 2. The molecule has 3 atom stereocenters. The lowest BCUT2D eigenvalue weighted by Gasteiger charge is -2.30. The number of hydrogen-bond donors (Lipinski definition) is 2. The van der Waals surface area contributed by atoms with Crippen molar-refractivity contribution in [3.63, 3.8) is 0 Å². The first-order valence-corrected chi connectivity index (χ1v) is 11.6. The molecular weight excluding hydrogens is 470 g/mol. The number of halogens is 1. The van der Waals surface area contributed by atoms with Crippen LogP contribution in [0.2, 0.25) is 0 Å². The second-order valence-electron chi connectivity index (χ2n) is 9.25. The molecule has 5 heterocycles. The van der Waals surface area contributed by atoms with Crippen molar-refractivity contribution in [2.24, 2.45) is 0 Å². The van der Waals surface area contributed by atoms with Gasteiger partial charge in [-0.3, -0.25) is 4.79 Å². The Balaban J connectivity index is 1.80. The normalized spacial score (nSPS) is 26.0. The van der Waals surface area contributed by atoms with Gasteiger partial charge >= 0.3 is 0 Å². The average Bonchev–Trinajstić information content (AvgIpc) is 3.46. The summed E-state index contributed by atoms with van der Waals surface area (Å²) in [6, 6.07) is 14.4. The van der Waals surface area contributed by atoms with Gasteiger partial charge in [-0.25, -0.2) is 0 Å². The SMILES string of the molecule is C[C@]12OC(C[C@@H]1O)n1c3ccc(Br)cc3c3c4c(c5c6ccccc6n2c5c31)CNC4=O. The van der Waals surface area contributed by atoms with Gasteiger partial charge < -0.3 is 24.3 Å². The van der Waals surface area contributed by atoms with Crippen molar-refractivity contribution in [2.45, 2.75) is 37.9 Å². The number of fused-ring (bicyclic) bond motifs is 13. The third-order valence-corrected chi connectivity index (χ3v) is 8.21. The summed E-state index contributed by atoms with van der Waals surface area (Å²) in [5.74, 6) is -0.0284. The number of para-hydroxylation sites is 1. The molecule has 6 nitrogen and oxygen atoms in total. The molecule has 3 aliphatic rings. The number of benzene rings is 3. The number of rotatable bonds is 0. The van der Waals surface area contributed by atoms with Crippen molar-refractivity contribution in [1.29, 1.82) is 0 Å². The molecule has 0 spiro atoms. The van der Waals surface area contributed by atoms with E-state index in [-0.39, 0.29) is 12.1 Å². The zero-order valence-electron chi connectivity index (χ0n) is 17.1. The maximum absolute atomic E-state index is 13.2. The van der Waals surface area contributed by atoms with Crippen LogP contribution in [0.5, 0.6) is 0 Å². The number of amides is 1. The maximum atomic E-state index is 13.2. The van der Waals surface area contributed by atoms with Gasteiger partial charge in [-0.05, 0) is 36.8 Å². The number of carbonyl (C=O) groups is 1. The molecule has 2 bridgehead atoms. The van der Waals surface area contributed by atoms with Crippen molar-refractivity contribution in [3.8, 4) is 0 Å². The first-order valence-electron chi connectivity index (χ1n) is 10.8. The van der Waals surface area contributed by atoms with Gasteiger partial charge in [0.15, 0.2) is 5.72 Å². The fourth-order valence-corrected chi connectivity index (χ4v) is 6.80. The lowest BCUT2D eigenvalue weighted by Crippen LogP contribution is -2.39. The van der Waals surface area contributed by atoms with E-state index in [1.54, 1.807) is 0 Å². The van der Waals surface area contributed by atoms with E-state index in [0.717, 1.165) is 59.2 Å². The third-order valence-electron chi connectivity index (χ3n) is 7.72. The molecule has 0 radical (unpaired) electrons. The fraction of sp³-hybridized carbons (Fsp3) is 0.240. The van der Waals surface area contributed by atoms with Crippen LogP contribution in [-0.4, -0.2) is 26.3 Å². The van der Waals surface area contributed by atoms with E-state index in [0.29, 0.717) is 13.0 Å². The van der Waals surface area contributed by atoms with Crippen LogP contribution in [0.15, 0.2) is 46.9 Å². The van der Waals surface area contributed by atoms with Crippen molar-refractivity contribution in [1.82, 2.24) is 14.5 Å².